The average Bonchev–Trinajstić information content (AvgIpc) is 2.86. The highest BCUT2D eigenvalue weighted by Crippen LogP contribution is 2.23. The molecular formula is C15H21BrN4O. The van der Waals surface area contributed by atoms with Crippen molar-refractivity contribution in [2.24, 2.45) is 5.92 Å². The van der Waals surface area contributed by atoms with Crippen molar-refractivity contribution >= 4 is 15.9 Å². The first-order chi connectivity index (χ1) is 10.1. The summed E-state index contributed by atoms with van der Waals surface area (Å²) in [5.74, 6) is 2.29. The minimum atomic E-state index is 0.623. The Morgan fingerprint density at radius 3 is 2.90 bits per heavy atom. The molecule has 0 fully saturated rings. The molecule has 0 aliphatic carbocycles. The van der Waals surface area contributed by atoms with E-state index in [-0.39, 0.29) is 0 Å². The van der Waals surface area contributed by atoms with Gasteiger partial charge in [0.15, 0.2) is 5.82 Å². The van der Waals surface area contributed by atoms with E-state index >= 15 is 0 Å². The number of ether oxygens (including phenoxy) is 1. The number of methoxy groups -OCH3 is 1. The molecule has 0 aliphatic rings. The van der Waals surface area contributed by atoms with Crippen molar-refractivity contribution in [2.45, 2.75) is 26.9 Å². The highest BCUT2D eigenvalue weighted by molar-refractivity contribution is 9.10. The lowest BCUT2D eigenvalue weighted by Crippen LogP contribution is -2.19. The van der Waals surface area contributed by atoms with Crippen LogP contribution in [0, 0.1) is 5.92 Å². The van der Waals surface area contributed by atoms with Crippen LogP contribution in [0.15, 0.2) is 29.0 Å². The van der Waals surface area contributed by atoms with Crippen molar-refractivity contribution in [3.05, 3.63) is 40.4 Å². The molecule has 0 saturated carbocycles. The van der Waals surface area contributed by atoms with Crippen LogP contribution in [0.2, 0.25) is 0 Å². The molecule has 2 aromatic rings. The van der Waals surface area contributed by atoms with Crippen LogP contribution < -0.4 is 10.1 Å². The summed E-state index contributed by atoms with van der Waals surface area (Å²) in [4.78, 5) is 4.32. The van der Waals surface area contributed by atoms with E-state index in [2.05, 4.69) is 45.2 Å². The number of nitrogens with one attached hydrogen (secondary N) is 1. The van der Waals surface area contributed by atoms with Crippen LogP contribution in [0.1, 0.15) is 25.2 Å². The van der Waals surface area contributed by atoms with Crippen LogP contribution in [-0.2, 0) is 13.1 Å². The fourth-order valence-corrected chi connectivity index (χ4v) is 2.42. The molecular weight excluding hydrogens is 332 g/mol. The molecule has 114 valence electrons. The van der Waals surface area contributed by atoms with E-state index in [1.165, 1.54) is 0 Å². The zero-order chi connectivity index (χ0) is 15.2. The minimum Gasteiger partial charge on any atom is -0.496 e. The highest BCUT2D eigenvalue weighted by atomic mass is 79.9. The van der Waals surface area contributed by atoms with Gasteiger partial charge in [-0.05, 0) is 30.7 Å². The van der Waals surface area contributed by atoms with Gasteiger partial charge in [-0.15, -0.1) is 0 Å². The van der Waals surface area contributed by atoms with Crippen molar-refractivity contribution in [1.29, 1.82) is 0 Å². The molecule has 1 aromatic carbocycles. The maximum absolute atomic E-state index is 5.38. The summed E-state index contributed by atoms with van der Waals surface area (Å²) < 4.78 is 8.23. The Balaban J connectivity index is 2.00. The van der Waals surface area contributed by atoms with E-state index in [4.69, 9.17) is 4.74 Å². The number of benzene rings is 1. The van der Waals surface area contributed by atoms with Crippen molar-refractivity contribution < 1.29 is 4.74 Å². The first kappa shape index (κ1) is 16.0. The molecule has 2 rings (SSSR count). The minimum absolute atomic E-state index is 0.623. The van der Waals surface area contributed by atoms with E-state index in [9.17, 15) is 0 Å². The maximum Gasteiger partial charge on any atom is 0.164 e. The van der Waals surface area contributed by atoms with Gasteiger partial charge >= 0.3 is 0 Å². The largest absolute Gasteiger partial charge is 0.496 e. The third kappa shape index (κ3) is 4.82. The lowest BCUT2D eigenvalue weighted by Gasteiger charge is -2.08. The molecule has 0 radical (unpaired) electrons. The normalized spacial score (nSPS) is 11.1. The van der Waals surface area contributed by atoms with Gasteiger partial charge in [-0.2, -0.15) is 5.10 Å². The Kier molecular flexibility index (Phi) is 5.76. The van der Waals surface area contributed by atoms with Crippen LogP contribution in [0.4, 0.5) is 0 Å². The van der Waals surface area contributed by atoms with Crippen molar-refractivity contribution in [3.8, 4) is 5.75 Å². The average molecular weight is 353 g/mol. The van der Waals surface area contributed by atoms with Gasteiger partial charge in [-0.1, -0.05) is 29.8 Å². The first-order valence-electron chi connectivity index (χ1n) is 7.00. The molecule has 1 heterocycles. The quantitative estimate of drug-likeness (QED) is 0.832. The highest BCUT2D eigenvalue weighted by Gasteiger charge is 2.07. The van der Waals surface area contributed by atoms with E-state index < -0.39 is 0 Å². The van der Waals surface area contributed by atoms with Gasteiger partial charge in [-0.25, -0.2) is 9.67 Å². The standard InChI is InChI=1S/C15H21BrN4O/c1-11(2)7-17-8-15-18-10-20(19-15)9-12-6-13(16)4-5-14(12)21-3/h4-6,10-11,17H,7-9H2,1-3H3. The zero-order valence-electron chi connectivity index (χ0n) is 12.6. The smallest absolute Gasteiger partial charge is 0.164 e. The summed E-state index contributed by atoms with van der Waals surface area (Å²) in [7, 11) is 1.68. The second-order valence-electron chi connectivity index (χ2n) is 5.34. The van der Waals surface area contributed by atoms with Gasteiger partial charge in [-0.3, -0.25) is 0 Å². The maximum atomic E-state index is 5.38. The van der Waals surface area contributed by atoms with Gasteiger partial charge in [0.25, 0.3) is 0 Å². The number of halogens is 1. The van der Waals surface area contributed by atoms with Crippen molar-refractivity contribution in [3.63, 3.8) is 0 Å². The molecule has 6 heteroatoms. The van der Waals surface area contributed by atoms with Crippen molar-refractivity contribution in [1.82, 2.24) is 20.1 Å². The SMILES string of the molecule is COc1ccc(Br)cc1Cn1cnc(CNCC(C)C)n1. The molecule has 0 atom stereocenters. The summed E-state index contributed by atoms with van der Waals surface area (Å²) in [5, 5.41) is 7.82. The second kappa shape index (κ2) is 7.56. The summed E-state index contributed by atoms with van der Waals surface area (Å²) >= 11 is 3.48. The van der Waals surface area contributed by atoms with E-state index in [1.54, 1.807) is 13.4 Å². The predicted octanol–water partition coefficient (Wildman–Crippen LogP) is 2.84. The first-order valence-corrected chi connectivity index (χ1v) is 7.79. The number of hydrogen-bond donors (Lipinski definition) is 1. The topological polar surface area (TPSA) is 52.0 Å². The molecule has 0 unspecified atom stereocenters. The van der Waals surface area contributed by atoms with Crippen LogP contribution in [0.5, 0.6) is 5.75 Å². The molecule has 1 aromatic heterocycles. The van der Waals surface area contributed by atoms with E-state index in [0.29, 0.717) is 19.0 Å². The molecule has 0 aliphatic heterocycles. The molecule has 0 bridgehead atoms. The molecule has 1 N–H and O–H groups in total. The van der Waals surface area contributed by atoms with Crippen LogP contribution >= 0.6 is 15.9 Å². The molecule has 0 amide bonds. The van der Waals surface area contributed by atoms with Gasteiger partial charge in [0.05, 0.1) is 20.2 Å². The Bertz CT molecular complexity index is 583. The lowest BCUT2D eigenvalue weighted by molar-refractivity contribution is 0.407. The third-order valence-corrected chi connectivity index (χ3v) is 3.49. The van der Waals surface area contributed by atoms with Crippen LogP contribution in [0.25, 0.3) is 0 Å². The number of nitrogens with zero attached hydrogens (tertiary/aromatic N) is 3. The molecule has 0 spiro atoms. The monoisotopic (exact) mass is 352 g/mol. The predicted molar refractivity (Wildman–Crippen MR) is 86.4 cm³/mol. The molecule has 0 saturated heterocycles. The van der Waals surface area contributed by atoms with E-state index in [0.717, 1.165) is 28.2 Å². The molecule has 21 heavy (non-hydrogen) atoms. The summed E-state index contributed by atoms with van der Waals surface area (Å²) in [6.45, 7) is 6.66. The Labute approximate surface area is 133 Å². The Morgan fingerprint density at radius 2 is 2.19 bits per heavy atom. The van der Waals surface area contributed by atoms with Crippen LogP contribution in [-0.4, -0.2) is 28.4 Å². The van der Waals surface area contributed by atoms with Gasteiger partial charge in [0.1, 0.15) is 12.1 Å². The zero-order valence-corrected chi connectivity index (χ0v) is 14.2. The summed E-state index contributed by atoms with van der Waals surface area (Å²) in [6.07, 6.45) is 1.76. The molecule has 5 nitrogen and oxygen atoms in total. The van der Waals surface area contributed by atoms with Gasteiger partial charge < -0.3 is 10.1 Å². The number of rotatable bonds is 7. The lowest BCUT2D eigenvalue weighted by atomic mass is 10.2. The van der Waals surface area contributed by atoms with Gasteiger partial charge in [0.2, 0.25) is 0 Å². The Morgan fingerprint density at radius 1 is 1.38 bits per heavy atom. The number of aromatic nitrogens is 3. The summed E-state index contributed by atoms with van der Waals surface area (Å²) in [5.41, 5.74) is 1.07. The number of hydrogen-bond acceptors (Lipinski definition) is 4. The second-order valence-corrected chi connectivity index (χ2v) is 6.25. The van der Waals surface area contributed by atoms with Crippen LogP contribution in [0.3, 0.4) is 0 Å². The summed E-state index contributed by atoms with van der Waals surface area (Å²) in [6, 6.07) is 5.95. The van der Waals surface area contributed by atoms with Crippen molar-refractivity contribution in [2.75, 3.05) is 13.7 Å². The van der Waals surface area contributed by atoms with E-state index in [1.807, 2.05) is 22.9 Å². The Hall–Kier alpha value is -1.40. The van der Waals surface area contributed by atoms with Gasteiger partial charge in [0, 0.05) is 10.0 Å². The third-order valence-electron chi connectivity index (χ3n) is 2.99. The fourth-order valence-electron chi connectivity index (χ4n) is 2.01. The fraction of sp³-hybridized carbons (Fsp3) is 0.467.